The summed E-state index contributed by atoms with van der Waals surface area (Å²) in [5.41, 5.74) is 0. The average Bonchev–Trinajstić information content (AvgIpc) is 3.09. The van der Waals surface area contributed by atoms with Crippen LogP contribution in [0.25, 0.3) is 0 Å². The van der Waals surface area contributed by atoms with Crippen LogP contribution in [0.2, 0.25) is 0 Å². The van der Waals surface area contributed by atoms with E-state index in [4.69, 9.17) is 13.5 Å². The number of carbonyl (C=O) groups is 1. The van der Waals surface area contributed by atoms with E-state index < -0.39 is 57.4 Å². The fraction of sp³-hybridized carbons (Fsp3) is 0.794. The zero-order valence-corrected chi connectivity index (χ0v) is 33.2. The van der Waals surface area contributed by atoms with Gasteiger partial charge in [-0.3, -0.25) is 13.5 Å². The second-order valence-electron chi connectivity index (χ2n) is 13.2. The van der Waals surface area contributed by atoms with Gasteiger partial charge in [-0.15, -0.1) is 0 Å². The number of carbonyl (C=O) groups excluding carboxylic acids is 1. The van der Waals surface area contributed by atoms with Gasteiger partial charge >= 0.3 is 42.6 Å². The highest BCUT2D eigenvalue weighted by molar-refractivity contribution is 7.89. The topological polar surface area (TPSA) is 167 Å². The Morgan fingerprint density at radius 3 is 1.37 bits per heavy atom. The maximum absolute atomic E-state index is 14.0. The first kappa shape index (κ1) is 49.9. The molecule has 316 valence electrons. The minimum atomic E-state index is -7.20. The Morgan fingerprint density at radius 2 is 1.00 bits per heavy atom. The minimum Gasteiger partial charge on any atom is -0.465 e. The summed E-state index contributed by atoms with van der Waals surface area (Å²) in [6, 6.07) is 2.11. The monoisotopic (exact) mass is 848 g/mol. The van der Waals surface area contributed by atoms with Crippen molar-refractivity contribution in [2.75, 3.05) is 13.2 Å². The molecule has 1 aromatic rings. The summed E-state index contributed by atoms with van der Waals surface area (Å²) in [6.07, 6.45) is 20.0. The van der Waals surface area contributed by atoms with Gasteiger partial charge in [-0.2, -0.15) is 51.6 Å². The Balaban J connectivity index is 2.18. The van der Waals surface area contributed by atoms with Crippen LogP contribution >= 0.6 is 0 Å². The second-order valence-corrected chi connectivity index (χ2v) is 17.9. The zero-order valence-electron chi connectivity index (χ0n) is 30.8. The largest absolute Gasteiger partial charge is 0.465 e. The quantitative estimate of drug-likeness (QED) is 0.0249. The van der Waals surface area contributed by atoms with Crippen LogP contribution in [-0.4, -0.2) is 65.4 Å². The molecule has 0 spiro atoms. The number of unbranched alkanes of at least 4 members (excludes halogenated alkanes) is 17. The number of rotatable bonds is 31. The summed E-state index contributed by atoms with van der Waals surface area (Å²) in [5.74, 6) is -8.51. The summed E-state index contributed by atoms with van der Waals surface area (Å²) < 4.78 is 173. The molecule has 1 unspecified atom stereocenters. The minimum absolute atomic E-state index is 0.0267. The third-order valence-corrected chi connectivity index (χ3v) is 12.3. The normalized spacial score (nSPS) is 13.9. The van der Waals surface area contributed by atoms with Crippen molar-refractivity contribution in [1.82, 2.24) is 0 Å². The first-order valence-corrected chi connectivity index (χ1v) is 22.5. The van der Waals surface area contributed by atoms with Crippen molar-refractivity contribution in [2.45, 2.75) is 157 Å². The van der Waals surface area contributed by atoms with E-state index in [0.717, 1.165) is 51.4 Å². The van der Waals surface area contributed by atoms with Crippen molar-refractivity contribution >= 4 is 36.3 Å². The molecule has 20 heteroatoms. The molecule has 1 atom stereocenters. The molecule has 0 amide bonds. The summed E-state index contributed by atoms with van der Waals surface area (Å²) in [7, 11) is -18.7. The maximum atomic E-state index is 14.0. The highest BCUT2D eigenvalue weighted by Gasteiger charge is 2.83. The lowest BCUT2D eigenvalue weighted by molar-refractivity contribution is -0.247. The van der Waals surface area contributed by atoms with E-state index in [1.54, 1.807) is 0 Å². The van der Waals surface area contributed by atoms with Gasteiger partial charge in [0.05, 0.1) is 24.0 Å². The Hall–Kier alpha value is -2.16. The van der Waals surface area contributed by atoms with Gasteiger partial charge in [-0.25, -0.2) is 0 Å². The van der Waals surface area contributed by atoms with Gasteiger partial charge in [-0.05, 0) is 43.5 Å². The van der Waals surface area contributed by atoms with Crippen LogP contribution in [0.1, 0.15) is 136 Å². The molecule has 0 aliphatic heterocycles. The van der Waals surface area contributed by atoms with Gasteiger partial charge < -0.3 is 8.92 Å². The van der Waals surface area contributed by atoms with Gasteiger partial charge in [0, 0.05) is 0 Å². The lowest BCUT2D eigenvalue weighted by atomic mass is 10.0. The van der Waals surface area contributed by atoms with E-state index in [2.05, 4.69) is 4.18 Å². The molecule has 0 saturated heterocycles. The summed E-state index contributed by atoms with van der Waals surface area (Å²) >= 11 is 0. The Labute approximate surface area is 315 Å². The van der Waals surface area contributed by atoms with Crippen LogP contribution in [0.5, 0.6) is 5.75 Å². The predicted octanol–water partition coefficient (Wildman–Crippen LogP) is 9.42. The number of ether oxygens (including phenoxy) is 1. The number of alkyl halides is 6. The molecule has 0 aliphatic rings. The molecule has 0 aliphatic carbocycles. The molecule has 0 saturated carbocycles. The summed E-state index contributed by atoms with van der Waals surface area (Å²) in [5, 5.41) is -13.8. The number of halogens is 6. The fourth-order valence-electron chi connectivity index (χ4n) is 5.08. The van der Waals surface area contributed by atoms with Gasteiger partial charge in [0.1, 0.15) is 5.75 Å². The van der Waals surface area contributed by atoms with Gasteiger partial charge in [0.25, 0.3) is 10.1 Å². The molecule has 1 N–H and O–H groups in total. The maximum Gasteiger partial charge on any atom is 0.450 e. The zero-order chi connectivity index (χ0) is 41.1. The van der Waals surface area contributed by atoms with Crippen molar-refractivity contribution in [1.29, 1.82) is 0 Å². The molecule has 0 bridgehead atoms. The SMILES string of the molecule is CCC(C)C(=O)OCCCCCCCCCCCCCCCCCCCCOS(=O)(=O)c1ccc(OS(=O)(=O)C(F)(F)C(F)(F)C(F)(F)S(=O)(=O)O)cc1. The smallest absolute Gasteiger partial charge is 0.450 e. The van der Waals surface area contributed by atoms with Crippen molar-refractivity contribution < 1.29 is 74.0 Å². The first-order valence-electron chi connectivity index (χ1n) is 18.3. The Kier molecular flexibility index (Phi) is 21.4. The summed E-state index contributed by atoms with van der Waals surface area (Å²) in [4.78, 5) is 11.0. The van der Waals surface area contributed by atoms with Crippen molar-refractivity contribution in [3.05, 3.63) is 24.3 Å². The first-order chi connectivity index (χ1) is 25.0. The molecular formula is C34H54F6O11S3. The lowest BCUT2D eigenvalue weighted by Crippen LogP contribution is -2.61. The van der Waals surface area contributed by atoms with Crippen LogP contribution in [0, 0.1) is 5.92 Å². The van der Waals surface area contributed by atoms with E-state index in [1.807, 2.05) is 13.8 Å². The van der Waals surface area contributed by atoms with E-state index >= 15 is 0 Å². The summed E-state index contributed by atoms with van der Waals surface area (Å²) in [6.45, 7) is 4.18. The van der Waals surface area contributed by atoms with E-state index in [0.29, 0.717) is 43.7 Å². The van der Waals surface area contributed by atoms with Gasteiger partial charge in [0.15, 0.2) is 0 Å². The molecule has 0 heterocycles. The van der Waals surface area contributed by atoms with Crippen LogP contribution in [0.3, 0.4) is 0 Å². The Morgan fingerprint density at radius 1 is 0.630 bits per heavy atom. The molecule has 1 aromatic carbocycles. The van der Waals surface area contributed by atoms with Crippen LogP contribution in [-0.2, 0) is 44.1 Å². The predicted molar refractivity (Wildman–Crippen MR) is 189 cm³/mol. The van der Waals surface area contributed by atoms with Crippen molar-refractivity contribution in [3.8, 4) is 5.75 Å². The highest BCUT2D eigenvalue weighted by Crippen LogP contribution is 2.51. The van der Waals surface area contributed by atoms with Crippen LogP contribution < -0.4 is 4.18 Å². The third-order valence-electron chi connectivity index (χ3n) is 8.72. The second kappa shape index (κ2) is 23.2. The number of benzene rings is 1. The van der Waals surface area contributed by atoms with E-state index in [-0.39, 0.29) is 18.5 Å². The molecular weight excluding hydrogens is 795 g/mol. The van der Waals surface area contributed by atoms with Crippen LogP contribution in [0.4, 0.5) is 26.3 Å². The fourth-order valence-corrected chi connectivity index (χ4v) is 7.45. The Bertz CT molecular complexity index is 1570. The molecule has 0 aromatic heterocycles. The molecule has 0 fully saturated rings. The van der Waals surface area contributed by atoms with Gasteiger partial charge in [-0.1, -0.05) is 117 Å². The highest BCUT2D eigenvalue weighted by atomic mass is 32.2. The average molecular weight is 849 g/mol. The number of esters is 1. The van der Waals surface area contributed by atoms with Crippen molar-refractivity contribution in [3.63, 3.8) is 0 Å². The molecule has 1 rings (SSSR count). The van der Waals surface area contributed by atoms with Crippen LogP contribution in [0.15, 0.2) is 29.2 Å². The number of hydrogen-bond acceptors (Lipinski definition) is 10. The van der Waals surface area contributed by atoms with Gasteiger partial charge in [0.2, 0.25) is 0 Å². The third kappa shape index (κ3) is 15.8. The van der Waals surface area contributed by atoms with Crippen molar-refractivity contribution in [2.24, 2.45) is 5.92 Å². The molecule has 0 radical (unpaired) electrons. The van der Waals surface area contributed by atoms with E-state index in [9.17, 15) is 56.4 Å². The number of hydrogen-bond donors (Lipinski definition) is 1. The van der Waals surface area contributed by atoms with E-state index in [1.165, 1.54) is 57.8 Å². The molecule has 54 heavy (non-hydrogen) atoms. The lowest BCUT2D eigenvalue weighted by Gasteiger charge is -2.29. The molecule has 11 nitrogen and oxygen atoms in total. The standard InChI is InChI=1S/C34H54F6O11S3/c1-3-28(2)31(41)49-26-20-18-16-14-12-10-8-6-4-5-7-9-11-13-15-17-19-21-27-50-52(42,43)30-24-22-29(23-25-30)51-54(47,48)34(39,40)32(35,36)33(37,38)53(44,45)46/h22-25,28H,3-21,26-27H2,1-2H3,(H,44,45,46).